The number of para-hydroxylation sites is 1. The number of methoxy groups -OCH3 is 1. The number of piperidine rings is 1. The number of anilines is 1. The topological polar surface area (TPSA) is 70.9 Å². The van der Waals surface area contributed by atoms with Crippen molar-refractivity contribution in [3.63, 3.8) is 0 Å². The number of nitrogens with zero attached hydrogens (tertiary/aromatic N) is 5. The van der Waals surface area contributed by atoms with Crippen molar-refractivity contribution in [3.8, 4) is 5.69 Å². The van der Waals surface area contributed by atoms with Gasteiger partial charge < -0.3 is 14.5 Å². The molecular formula is C22H28ClN5O3. The number of hydrogen-bond donors (Lipinski definition) is 0. The number of aromatic nitrogens is 2. The molecule has 4 rings (SSSR count). The summed E-state index contributed by atoms with van der Waals surface area (Å²) < 4.78 is 5.98. The molecule has 1 aromatic heterocycles. The highest BCUT2D eigenvalue weighted by atomic mass is 35.5. The number of esters is 1. The minimum atomic E-state index is -0.533. The summed E-state index contributed by atoms with van der Waals surface area (Å²) in [5.74, 6) is -0.533. The summed E-state index contributed by atoms with van der Waals surface area (Å²) in [6.45, 7) is 5.74. The van der Waals surface area contributed by atoms with Crippen molar-refractivity contribution in [2.45, 2.75) is 18.9 Å². The third kappa shape index (κ3) is 4.46. The van der Waals surface area contributed by atoms with Crippen molar-refractivity contribution in [2.24, 2.45) is 0 Å². The van der Waals surface area contributed by atoms with E-state index in [1.165, 1.54) is 26.5 Å². The van der Waals surface area contributed by atoms with Gasteiger partial charge in [0.2, 0.25) is 0 Å². The number of likely N-dealkylation sites (N-methyl/N-ethyl adjacent to an activating group) is 1. The van der Waals surface area contributed by atoms with E-state index in [9.17, 15) is 9.59 Å². The molecule has 2 aromatic rings. The largest absolute Gasteiger partial charge is 0.465 e. The first-order valence-electron chi connectivity index (χ1n) is 10.6. The van der Waals surface area contributed by atoms with Crippen LogP contribution < -0.4 is 10.5 Å². The van der Waals surface area contributed by atoms with E-state index in [4.69, 9.17) is 16.3 Å². The molecule has 0 spiro atoms. The Morgan fingerprint density at radius 3 is 2.58 bits per heavy atom. The third-order valence-corrected chi connectivity index (χ3v) is 6.56. The van der Waals surface area contributed by atoms with Crippen LogP contribution in [0.5, 0.6) is 0 Å². The summed E-state index contributed by atoms with van der Waals surface area (Å²) in [5.41, 5.74) is 0.791. The van der Waals surface area contributed by atoms with Gasteiger partial charge in [-0.05, 0) is 38.6 Å². The Morgan fingerprint density at radius 1 is 1.13 bits per heavy atom. The molecule has 1 unspecified atom stereocenters. The van der Waals surface area contributed by atoms with Crippen LogP contribution in [0.25, 0.3) is 5.69 Å². The van der Waals surface area contributed by atoms with Gasteiger partial charge in [-0.25, -0.2) is 4.79 Å². The smallest absolute Gasteiger partial charge is 0.340 e. The molecule has 1 atom stereocenters. The second-order valence-electron chi connectivity index (χ2n) is 8.15. The summed E-state index contributed by atoms with van der Waals surface area (Å²) in [5, 5.41) is 4.44. The molecule has 9 heteroatoms. The van der Waals surface area contributed by atoms with Crippen LogP contribution in [0.15, 0.2) is 35.3 Å². The van der Waals surface area contributed by atoms with E-state index < -0.39 is 11.5 Å². The first-order chi connectivity index (χ1) is 15.0. The van der Waals surface area contributed by atoms with E-state index in [0.717, 1.165) is 37.4 Å². The standard InChI is InChI=1S/C22H28ClN5O3/c1-25-9-5-6-16(15-25)26-10-12-27(13-11-26)19-14-24-28(21(29)20(19)23)18-8-4-3-7-17(18)22(30)31-2/h3-4,7-8,14,16H,5-6,9-13,15H2,1-2H3. The minimum absolute atomic E-state index is 0.112. The number of hydrogen-bond acceptors (Lipinski definition) is 7. The van der Waals surface area contributed by atoms with Gasteiger partial charge >= 0.3 is 5.97 Å². The van der Waals surface area contributed by atoms with Crippen molar-refractivity contribution in [1.82, 2.24) is 19.6 Å². The number of benzene rings is 1. The first kappa shape index (κ1) is 21.8. The highest BCUT2D eigenvalue weighted by molar-refractivity contribution is 6.33. The quantitative estimate of drug-likeness (QED) is 0.665. The fraction of sp³-hybridized carbons (Fsp3) is 0.500. The number of rotatable bonds is 4. The molecule has 2 aliphatic heterocycles. The highest BCUT2D eigenvalue weighted by Crippen LogP contribution is 2.25. The van der Waals surface area contributed by atoms with Crippen LogP contribution in [0.3, 0.4) is 0 Å². The maximum atomic E-state index is 13.0. The van der Waals surface area contributed by atoms with Gasteiger partial charge in [0.1, 0.15) is 5.02 Å². The molecule has 8 nitrogen and oxygen atoms in total. The lowest BCUT2D eigenvalue weighted by Gasteiger charge is -2.43. The zero-order chi connectivity index (χ0) is 22.0. The molecule has 2 aliphatic rings. The molecule has 0 saturated carbocycles. The predicted molar refractivity (Wildman–Crippen MR) is 120 cm³/mol. The van der Waals surface area contributed by atoms with Crippen LogP contribution in [0.2, 0.25) is 5.02 Å². The molecule has 0 aliphatic carbocycles. The Balaban J connectivity index is 1.53. The average Bonchev–Trinajstić information content (AvgIpc) is 2.80. The van der Waals surface area contributed by atoms with E-state index in [1.54, 1.807) is 30.5 Å². The Morgan fingerprint density at radius 2 is 1.87 bits per heavy atom. The monoisotopic (exact) mass is 445 g/mol. The Bertz CT molecular complexity index is 1000. The van der Waals surface area contributed by atoms with Gasteiger partial charge in [-0.1, -0.05) is 23.7 Å². The summed E-state index contributed by atoms with van der Waals surface area (Å²) in [6, 6.07) is 7.28. The van der Waals surface area contributed by atoms with Crippen molar-refractivity contribution >= 4 is 23.3 Å². The van der Waals surface area contributed by atoms with Crippen LogP contribution in [-0.4, -0.2) is 85.0 Å². The predicted octanol–water partition coefficient (Wildman–Crippen LogP) is 1.89. The number of piperazine rings is 1. The van der Waals surface area contributed by atoms with Gasteiger partial charge in [-0.2, -0.15) is 9.78 Å². The lowest BCUT2D eigenvalue weighted by Crippen LogP contribution is -2.54. The molecular weight excluding hydrogens is 418 g/mol. The molecule has 0 radical (unpaired) electrons. The van der Waals surface area contributed by atoms with Gasteiger partial charge in [0.15, 0.2) is 0 Å². The number of likely N-dealkylation sites (tertiary alicyclic amines) is 1. The summed E-state index contributed by atoms with van der Waals surface area (Å²) in [6.07, 6.45) is 4.09. The molecule has 0 amide bonds. The molecule has 0 N–H and O–H groups in total. The lowest BCUT2D eigenvalue weighted by atomic mass is 10.0. The fourth-order valence-corrected chi connectivity index (χ4v) is 4.77. The molecule has 166 valence electrons. The lowest BCUT2D eigenvalue weighted by molar-refractivity contribution is 0.0600. The molecule has 0 bridgehead atoms. The molecule has 2 fully saturated rings. The maximum absolute atomic E-state index is 13.0. The van der Waals surface area contributed by atoms with E-state index >= 15 is 0 Å². The third-order valence-electron chi connectivity index (χ3n) is 6.21. The van der Waals surface area contributed by atoms with Crippen molar-refractivity contribution in [2.75, 3.05) is 58.3 Å². The number of ether oxygens (including phenoxy) is 1. The Labute approximate surface area is 186 Å². The van der Waals surface area contributed by atoms with Gasteiger partial charge in [0.25, 0.3) is 5.56 Å². The molecule has 1 aromatic carbocycles. The van der Waals surface area contributed by atoms with Crippen LogP contribution in [0, 0.1) is 0 Å². The molecule has 2 saturated heterocycles. The minimum Gasteiger partial charge on any atom is -0.465 e. The number of carbonyl (C=O) groups excluding carboxylic acids is 1. The van der Waals surface area contributed by atoms with E-state index in [2.05, 4.69) is 26.8 Å². The van der Waals surface area contributed by atoms with Crippen LogP contribution in [0.1, 0.15) is 23.2 Å². The van der Waals surface area contributed by atoms with Crippen LogP contribution >= 0.6 is 11.6 Å². The van der Waals surface area contributed by atoms with Gasteiger partial charge in [0.05, 0.1) is 30.2 Å². The van der Waals surface area contributed by atoms with Crippen molar-refractivity contribution < 1.29 is 9.53 Å². The highest BCUT2D eigenvalue weighted by Gasteiger charge is 2.28. The molecule has 31 heavy (non-hydrogen) atoms. The molecule has 3 heterocycles. The SMILES string of the molecule is COC(=O)c1ccccc1-n1ncc(N2CCN(C3CCCN(C)C3)CC2)c(Cl)c1=O. The van der Waals surface area contributed by atoms with E-state index in [-0.39, 0.29) is 10.6 Å². The van der Waals surface area contributed by atoms with Gasteiger partial charge in [-0.15, -0.1) is 0 Å². The van der Waals surface area contributed by atoms with Crippen molar-refractivity contribution in [1.29, 1.82) is 0 Å². The Hall–Kier alpha value is -2.42. The van der Waals surface area contributed by atoms with Crippen LogP contribution in [0.4, 0.5) is 5.69 Å². The van der Waals surface area contributed by atoms with E-state index in [0.29, 0.717) is 17.4 Å². The second kappa shape index (κ2) is 9.38. The normalized spacial score (nSPS) is 20.6. The first-order valence-corrected chi connectivity index (χ1v) is 11.0. The summed E-state index contributed by atoms with van der Waals surface area (Å²) in [7, 11) is 3.48. The summed E-state index contributed by atoms with van der Waals surface area (Å²) in [4.78, 5) is 32.2. The van der Waals surface area contributed by atoms with Crippen molar-refractivity contribution in [3.05, 3.63) is 51.4 Å². The summed E-state index contributed by atoms with van der Waals surface area (Å²) >= 11 is 6.50. The maximum Gasteiger partial charge on any atom is 0.340 e. The van der Waals surface area contributed by atoms with E-state index in [1.807, 2.05) is 0 Å². The van der Waals surface area contributed by atoms with Gasteiger partial charge in [-0.3, -0.25) is 9.69 Å². The second-order valence-corrected chi connectivity index (χ2v) is 8.53. The van der Waals surface area contributed by atoms with Crippen LogP contribution in [-0.2, 0) is 4.74 Å². The average molecular weight is 446 g/mol. The zero-order valence-electron chi connectivity index (χ0n) is 18.0. The number of carbonyl (C=O) groups is 1. The Kier molecular flexibility index (Phi) is 6.60. The van der Waals surface area contributed by atoms with Gasteiger partial charge in [0, 0.05) is 38.8 Å². The zero-order valence-corrected chi connectivity index (χ0v) is 18.7. The number of halogens is 1. The fourth-order valence-electron chi connectivity index (χ4n) is 4.52.